The molecule has 3 heteroatoms. The number of rotatable bonds is 7. The molecule has 2 aromatic rings. The Bertz CT molecular complexity index is 537. The van der Waals surface area contributed by atoms with Crippen LogP contribution in [0.1, 0.15) is 24.5 Å². The SMILES string of the molecule is CCC(Cc1ccccc1)C(=O)OOCc1ccccc1. The molecule has 21 heavy (non-hydrogen) atoms. The zero-order chi connectivity index (χ0) is 14.9. The lowest BCUT2D eigenvalue weighted by Crippen LogP contribution is -2.19. The molecule has 0 saturated carbocycles. The molecule has 0 spiro atoms. The van der Waals surface area contributed by atoms with Gasteiger partial charge in [-0.15, -0.1) is 0 Å². The number of carbonyl (C=O) groups excluding carboxylic acids is 1. The zero-order valence-electron chi connectivity index (χ0n) is 12.2. The van der Waals surface area contributed by atoms with Crippen LogP contribution >= 0.6 is 0 Å². The molecule has 0 heterocycles. The van der Waals surface area contributed by atoms with E-state index in [2.05, 4.69) is 0 Å². The van der Waals surface area contributed by atoms with Crippen molar-refractivity contribution in [2.24, 2.45) is 5.92 Å². The van der Waals surface area contributed by atoms with Crippen LogP contribution < -0.4 is 0 Å². The van der Waals surface area contributed by atoms with Crippen molar-refractivity contribution in [2.75, 3.05) is 0 Å². The molecule has 0 saturated heterocycles. The summed E-state index contributed by atoms with van der Waals surface area (Å²) in [4.78, 5) is 22.0. The zero-order valence-corrected chi connectivity index (χ0v) is 12.2. The first kappa shape index (κ1) is 15.3. The van der Waals surface area contributed by atoms with Crippen molar-refractivity contribution < 1.29 is 14.6 Å². The van der Waals surface area contributed by atoms with E-state index in [0.717, 1.165) is 17.5 Å². The first-order valence-corrected chi connectivity index (χ1v) is 7.20. The first-order valence-electron chi connectivity index (χ1n) is 7.20. The fourth-order valence-corrected chi connectivity index (χ4v) is 2.09. The van der Waals surface area contributed by atoms with Gasteiger partial charge in [-0.2, -0.15) is 4.89 Å². The number of benzene rings is 2. The Balaban J connectivity index is 1.80. The minimum atomic E-state index is -0.308. The second kappa shape index (κ2) is 8.22. The van der Waals surface area contributed by atoms with Crippen molar-refractivity contribution in [1.82, 2.24) is 0 Å². The van der Waals surface area contributed by atoms with Gasteiger partial charge in [-0.05, 0) is 24.0 Å². The number of carbonyl (C=O) groups is 1. The van der Waals surface area contributed by atoms with E-state index in [1.165, 1.54) is 0 Å². The normalized spacial score (nSPS) is 11.9. The van der Waals surface area contributed by atoms with E-state index in [-0.39, 0.29) is 18.5 Å². The van der Waals surface area contributed by atoms with Gasteiger partial charge in [0.15, 0.2) is 0 Å². The molecule has 1 atom stereocenters. The average Bonchev–Trinajstić information content (AvgIpc) is 2.54. The largest absolute Gasteiger partial charge is 0.345 e. The van der Waals surface area contributed by atoms with Gasteiger partial charge in [0.1, 0.15) is 6.61 Å². The summed E-state index contributed by atoms with van der Waals surface area (Å²) in [6, 6.07) is 19.6. The lowest BCUT2D eigenvalue weighted by molar-refractivity contribution is -0.283. The van der Waals surface area contributed by atoms with Crippen molar-refractivity contribution >= 4 is 5.97 Å². The summed E-state index contributed by atoms with van der Waals surface area (Å²) < 4.78 is 0. The van der Waals surface area contributed by atoms with E-state index in [9.17, 15) is 4.79 Å². The molecule has 1 unspecified atom stereocenters. The van der Waals surface area contributed by atoms with Gasteiger partial charge in [0.25, 0.3) is 0 Å². The van der Waals surface area contributed by atoms with Crippen LogP contribution in [0.25, 0.3) is 0 Å². The molecule has 0 aromatic heterocycles. The minimum absolute atomic E-state index is 0.178. The second-order valence-electron chi connectivity index (χ2n) is 4.95. The van der Waals surface area contributed by atoms with Gasteiger partial charge < -0.3 is 0 Å². The summed E-state index contributed by atoms with van der Waals surface area (Å²) in [7, 11) is 0. The van der Waals surface area contributed by atoms with E-state index >= 15 is 0 Å². The summed E-state index contributed by atoms with van der Waals surface area (Å²) in [5.74, 6) is -0.486. The van der Waals surface area contributed by atoms with Crippen molar-refractivity contribution in [3.63, 3.8) is 0 Å². The molecule has 0 radical (unpaired) electrons. The standard InChI is InChI=1S/C18H20O3/c1-2-17(13-15-9-5-3-6-10-15)18(19)21-20-14-16-11-7-4-8-12-16/h3-12,17H,2,13-14H2,1H3. The van der Waals surface area contributed by atoms with Gasteiger partial charge in [-0.25, -0.2) is 4.79 Å². The van der Waals surface area contributed by atoms with Crippen LogP contribution in [0.5, 0.6) is 0 Å². The molecule has 2 rings (SSSR count). The predicted molar refractivity (Wildman–Crippen MR) is 81.3 cm³/mol. The fourth-order valence-electron chi connectivity index (χ4n) is 2.09. The second-order valence-corrected chi connectivity index (χ2v) is 4.95. The minimum Gasteiger partial charge on any atom is -0.298 e. The number of hydrogen-bond acceptors (Lipinski definition) is 3. The fraction of sp³-hybridized carbons (Fsp3) is 0.278. The first-order chi connectivity index (χ1) is 10.3. The quantitative estimate of drug-likeness (QED) is 0.571. The molecule has 0 bridgehead atoms. The third-order valence-electron chi connectivity index (χ3n) is 3.36. The van der Waals surface area contributed by atoms with Crippen molar-refractivity contribution in [3.05, 3.63) is 71.8 Å². The topological polar surface area (TPSA) is 35.5 Å². The maximum Gasteiger partial charge on any atom is 0.345 e. The Morgan fingerprint density at radius 3 is 2.10 bits per heavy atom. The molecule has 2 aromatic carbocycles. The highest BCUT2D eigenvalue weighted by atomic mass is 17.2. The molecule has 0 aliphatic heterocycles. The summed E-state index contributed by atoms with van der Waals surface area (Å²) in [5, 5.41) is 0. The monoisotopic (exact) mass is 284 g/mol. The Morgan fingerprint density at radius 2 is 1.52 bits per heavy atom. The summed E-state index contributed by atoms with van der Waals surface area (Å²) >= 11 is 0. The van der Waals surface area contributed by atoms with E-state index < -0.39 is 0 Å². The molecular weight excluding hydrogens is 264 g/mol. The van der Waals surface area contributed by atoms with Crippen LogP contribution in [0, 0.1) is 5.92 Å². The van der Waals surface area contributed by atoms with Crippen LogP contribution in [-0.2, 0) is 27.6 Å². The molecule has 0 N–H and O–H groups in total. The van der Waals surface area contributed by atoms with Crippen molar-refractivity contribution in [1.29, 1.82) is 0 Å². The van der Waals surface area contributed by atoms with Crippen LogP contribution in [0.4, 0.5) is 0 Å². The highest BCUT2D eigenvalue weighted by Crippen LogP contribution is 2.14. The highest BCUT2D eigenvalue weighted by Gasteiger charge is 2.19. The number of hydrogen-bond donors (Lipinski definition) is 0. The third-order valence-corrected chi connectivity index (χ3v) is 3.36. The lowest BCUT2D eigenvalue weighted by atomic mass is 9.97. The van der Waals surface area contributed by atoms with Gasteiger partial charge in [0.2, 0.25) is 0 Å². The molecule has 0 amide bonds. The van der Waals surface area contributed by atoms with E-state index in [1.807, 2.05) is 67.6 Å². The third kappa shape index (κ3) is 5.04. The summed E-state index contributed by atoms with van der Waals surface area (Å²) in [6.07, 6.45) is 1.40. The molecular formula is C18H20O3. The molecule has 0 fully saturated rings. The maximum atomic E-state index is 12.0. The smallest absolute Gasteiger partial charge is 0.298 e. The molecule has 0 aliphatic rings. The van der Waals surface area contributed by atoms with Crippen LogP contribution in [0.15, 0.2) is 60.7 Å². The lowest BCUT2D eigenvalue weighted by Gasteiger charge is -2.13. The summed E-state index contributed by atoms with van der Waals surface area (Å²) in [6.45, 7) is 2.25. The van der Waals surface area contributed by atoms with Crippen molar-refractivity contribution in [3.8, 4) is 0 Å². The van der Waals surface area contributed by atoms with Crippen LogP contribution in [0.3, 0.4) is 0 Å². The van der Waals surface area contributed by atoms with E-state index in [0.29, 0.717) is 6.42 Å². The van der Waals surface area contributed by atoms with Gasteiger partial charge >= 0.3 is 5.97 Å². The van der Waals surface area contributed by atoms with Crippen LogP contribution in [-0.4, -0.2) is 5.97 Å². The Hall–Kier alpha value is -2.13. The van der Waals surface area contributed by atoms with Crippen LogP contribution in [0.2, 0.25) is 0 Å². The maximum absolute atomic E-state index is 12.0. The molecule has 3 nitrogen and oxygen atoms in total. The van der Waals surface area contributed by atoms with Gasteiger partial charge in [-0.1, -0.05) is 67.6 Å². The Morgan fingerprint density at radius 1 is 0.952 bits per heavy atom. The average molecular weight is 284 g/mol. The van der Waals surface area contributed by atoms with E-state index in [1.54, 1.807) is 0 Å². The van der Waals surface area contributed by atoms with Crippen molar-refractivity contribution in [2.45, 2.75) is 26.4 Å². The van der Waals surface area contributed by atoms with E-state index in [4.69, 9.17) is 9.78 Å². The van der Waals surface area contributed by atoms with Gasteiger partial charge in [-0.3, -0.25) is 4.89 Å². The predicted octanol–water partition coefficient (Wildman–Crippen LogP) is 3.93. The molecule has 110 valence electrons. The van der Waals surface area contributed by atoms with Gasteiger partial charge in [0, 0.05) is 0 Å². The Kier molecular flexibility index (Phi) is 5.98. The summed E-state index contributed by atoms with van der Waals surface area (Å²) in [5.41, 5.74) is 2.10. The Labute approximate surface area is 125 Å². The van der Waals surface area contributed by atoms with Gasteiger partial charge in [0.05, 0.1) is 5.92 Å². The molecule has 0 aliphatic carbocycles. The highest BCUT2D eigenvalue weighted by molar-refractivity contribution is 5.72.